The number of anilines is 1. The number of nitrogens with one attached hydrogen (secondary N) is 1. The van der Waals surface area contributed by atoms with Crippen LogP contribution < -0.4 is 19.5 Å². The monoisotopic (exact) mass is 381 g/mol. The second-order valence-electron chi connectivity index (χ2n) is 6.34. The minimum atomic E-state index is -0.105. The largest absolute Gasteiger partial charge is 0.489 e. The first-order valence-corrected chi connectivity index (χ1v) is 9.45. The Kier molecular flexibility index (Phi) is 4.73. The van der Waals surface area contributed by atoms with E-state index in [1.54, 1.807) is 0 Å². The summed E-state index contributed by atoms with van der Waals surface area (Å²) in [5, 5.41) is 4.95. The maximum Gasteiger partial charge on any atom is 0.265 e. The third-order valence-electron chi connectivity index (χ3n) is 4.35. The highest BCUT2D eigenvalue weighted by Gasteiger charge is 2.15. The van der Waals surface area contributed by atoms with Crippen molar-refractivity contribution in [3.8, 4) is 17.2 Å². The molecule has 1 aliphatic rings. The predicted molar refractivity (Wildman–Crippen MR) is 105 cm³/mol. The van der Waals surface area contributed by atoms with E-state index >= 15 is 0 Å². The van der Waals surface area contributed by atoms with Crippen molar-refractivity contribution in [2.24, 2.45) is 0 Å². The molecule has 2 aromatic carbocycles. The highest BCUT2D eigenvalue weighted by molar-refractivity contribution is 7.12. The van der Waals surface area contributed by atoms with Crippen LogP contribution in [0.1, 0.15) is 26.4 Å². The lowest BCUT2D eigenvalue weighted by Gasteiger charge is -2.10. The van der Waals surface area contributed by atoms with Gasteiger partial charge in [-0.15, -0.1) is 11.3 Å². The Labute approximate surface area is 161 Å². The summed E-state index contributed by atoms with van der Waals surface area (Å²) in [6.45, 7) is 4.60. The van der Waals surface area contributed by atoms with Gasteiger partial charge in [0.2, 0.25) is 6.79 Å². The van der Waals surface area contributed by atoms with Gasteiger partial charge in [0.25, 0.3) is 5.91 Å². The fourth-order valence-corrected chi connectivity index (χ4v) is 3.68. The Morgan fingerprint density at radius 1 is 1.11 bits per heavy atom. The Hall–Kier alpha value is -2.99. The number of thiophene rings is 1. The average Bonchev–Trinajstić information content (AvgIpc) is 3.31. The lowest BCUT2D eigenvalue weighted by atomic mass is 10.1. The number of ether oxygens (including phenoxy) is 3. The third-order valence-corrected chi connectivity index (χ3v) is 5.32. The molecule has 2 heterocycles. The number of hydrogen-bond donors (Lipinski definition) is 1. The molecular weight excluding hydrogens is 362 g/mol. The number of hydrogen-bond acceptors (Lipinski definition) is 5. The summed E-state index contributed by atoms with van der Waals surface area (Å²) in [5.74, 6) is 2.01. The summed E-state index contributed by atoms with van der Waals surface area (Å²) in [5.41, 5.74) is 3.91. The van der Waals surface area contributed by atoms with Crippen LogP contribution in [0, 0.1) is 13.8 Å². The van der Waals surface area contributed by atoms with Gasteiger partial charge >= 0.3 is 0 Å². The van der Waals surface area contributed by atoms with E-state index in [-0.39, 0.29) is 12.7 Å². The van der Waals surface area contributed by atoms with Crippen LogP contribution in [-0.2, 0) is 6.61 Å². The van der Waals surface area contributed by atoms with Gasteiger partial charge in [-0.3, -0.25) is 4.79 Å². The Balaban J connectivity index is 1.40. The van der Waals surface area contributed by atoms with Crippen molar-refractivity contribution in [3.05, 3.63) is 69.4 Å². The van der Waals surface area contributed by atoms with Crippen LogP contribution in [0.15, 0.2) is 47.8 Å². The van der Waals surface area contributed by atoms with Gasteiger partial charge in [0.05, 0.1) is 4.88 Å². The molecule has 1 aliphatic heterocycles. The van der Waals surface area contributed by atoms with Crippen molar-refractivity contribution in [1.82, 2.24) is 0 Å². The second kappa shape index (κ2) is 7.32. The molecule has 27 heavy (non-hydrogen) atoms. The van der Waals surface area contributed by atoms with E-state index in [0.29, 0.717) is 23.0 Å². The zero-order chi connectivity index (χ0) is 18.8. The van der Waals surface area contributed by atoms with Crippen LogP contribution in [-0.4, -0.2) is 12.7 Å². The molecule has 0 unspecified atom stereocenters. The van der Waals surface area contributed by atoms with Crippen LogP contribution in [0.5, 0.6) is 17.2 Å². The Morgan fingerprint density at radius 3 is 2.70 bits per heavy atom. The van der Waals surface area contributed by atoms with E-state index in [1.807, 2.05) is 61.7 Å². The number of para-hydroxylation sites is 1. The highest BCUT2D eigenvalue weighted by Crippen LogP contribution is 2.35. The van der Waals surface area contributed by atoms with Gasteiger partial charge < -0.3 is 19.5 Å². The predicted octanol–water partition coefficient (Wildman–Crippen LogP) is 4.92. The van der Waals surface area contributed by atoms with Gasteiger partial charge in [-0.2, -0.15) is 0 Å². The van der Waals surface area contributed by atoms with Crippen LogP contribution in [0.3, 0.4) is 0 Å². The lowest BCUT2D eigenvalue weighted by molar-refractivity contribution is 0.103. The standard InChI is InChI=1S/C21H19NO4S/c1-13-4-3-5-14(2)20(13)22-21(23)19-8-15(11-27-19)10-24-16-6-7-17-18(9-16)26-12-25-17/h3-9,11H,10,12H2,1-2H3,(H,22,23). The molecule has 0 saturated heterocycles. The topological polar surface area (TPSA) is 56.8 Å². The molecule has 1 aromatic heterocycles. The SMILES string of the molecule is Cc1cccc(C)c1NC(=O)c1cc(COc2ccc3c(c2)OCO3)cs1. The minimum Gasteiger partial charge on any atom is -0.489 e. The fraction of sp³-hybridized carbons (Fsp3) is 0.190. The number of carbonyl (C=O) groups excluding carboxylic acids is 1. The van der Waals surface area contributed by atoms with E-state index in [2.05, 4.69) is 5.32 Å². The zero-order valence-corrected chi connectivity index (χ0v) is 15.9. The number of carbonyl (C=O) groups is 1. The number of fused-ring (bicyclic) bond motifs is 1. The number of amides is 1. The summed E-state index contributed by atoms with van der Waals surface area (Å²) < 4.78 is 16.4. The van der Waals surface area contributed by atoms with Crippen molar-refractivity contribution in [3.63, 3.8) is 0 Å². The van der Waals surface area contributed by atoms with E-state index in [0.717, 1.165) is 28.1 Å². The van der Waals surface area contributed by atoms with Gasteiger partial charge in [0, 0.05) is 17.3 Å². The van der Waals surface area contributed by atoms with Gasteiger partial charge in [-0.1, -0.05) is 18.2 Å². The highest BCUT2D eigenvalue weighted by atomic mass is 32.1. The van der Waals surface area contributed by atoms with Gasteiger partial charge in [-0.05, 0) is 48.6 Å². The van der Waals surface area contributed by atoms with E-state index in [1.165, 1.54) is 11.3 Å². The fourth-order valence-electron chi connectivity index (χ4n) is 2.89. The summed E-state index contributed by atoms with van der Waals surface area (Å²) in [6.07, 6.45) is 0. The Bertz CT molecular complexity index is 975. The smallest absolute Gasteiger partial charge is 0.265 e. The molecule has 0 spiro atoms. The van der Waals surface area contributed by atoms with E-state index in [4.69, 9.17) is 14.2 Å². The van der Waals surface area contributed by atoms with Crippen LogP contribution in [0.4, 0.5) is 5.69 Å². The second-order valence-corrected chi connectivity index (χ2v) is 7.26. The first-order valence-electron chi connectivity index (χ1n) is 8.57. The molecule has 5 nitrogen and oxygen atoms in total. The normalized spacial score (nSPS) is 12.1. The van der Waals surface area contributed by atoms with Crippen molar-refractivity contribution >= 4 is 22.9 Å². The van der Waals surface area contributed by atoms with E-state index in [9.17, 15) is 4.79 Å². The first kappa shape index (κ1) is 17.4. The van der Waals surface area contributed by atoms with Crippen molar-refractivity contribution in [2.75, 3.05) is 12.1 Å². The first-order chi connectivity index (χ1) is 13.1. The van der Waals surface area contributed by atoms with Gasteiger partial charge in [-0.25, -0.2) is 0 Å². The molecule has 4 rings (SSSR count). The van der Waals surface area contributed by atoms with Crippen molar-refractivity contribution < 1.29 is 19.0 Å². The maximum absolute atomic E-state index is 12.6. The minimum absolute atomic E-state index is 0.105. The molecule has 6 heteroatoms. The van der Waals surface area contributed by atoms with Crippen molar-refractivity contribution in [2.45, 2.75) is 20.5 Å². The van der Waals surface area contributed by atoms with Crippen LogP contribution in [0.25, 0.3) is 0 Å². The molecule has 3 aromatic rings. The van der Waals surface area contributed by atoms with E-state index < -0.39 is 0 Å². The maximum atomic E-state index is 12.6. The summed E-state index contributed by atoms with van der Waals surface area (Å²) in [7, 11) is 0. The molecule has 0 saturated carbocycles. The molecule has 0 atom stereocenters. The molecule has 1 amide bonds. The molecule has 0 aliphatic carbocycles. The van der Waals surface area contributed by atoms with Gasteiger partial charge in [0.1, 0.15) is 12.4 Å². The molecule has 0 fully saturated rings. The number of benzene rings is 2. The Morgan fingerprint density at radius 2 is 1.89 bits per heavy atom. The van der Waals surface area contributed by atoms with Gasteiger partial charge in [0.15, 0.2) is 11.5 Å². The summed E-state index contributed by atoms with van der Waals surface area (Å²) in [4.78, 5) is 13.2. The van der Waals surface area contributed by atoms with Crippen LogP contribution >= 0.6 is 11.3 Å². The molecule has 0 bridgehead atoms. The quantitative estimate of drug-likeness (QED) is 0.681. The van der Waals surface area contributed by atoms with Crippen LogP contribution in [0.2, 0.25) is 0 Å². The molecule has 1 N–H and O–H groups in total. The zero-order valence-electron chi connectivity index (χ0n) is 15.1. The molecule has 0 radical (unpaired) electrons. The number of aryl methyl sites for hydroxylation is 2. The van der Waals surface area contributed by atoms with Crippen molar-refractivity contribution in [1.29, 1.82) is 0 Å². The molecule has 138 valence electrons. The molecular formula is C21H19NO4S. The average molecular weight is 381 g/mol. The summed E-state index contributed by atoms with van der Waals surface area (Å²) in [6, 6.07) is 13.3. The number of rotatable bonds is 5. The lowest BCUT2D eigenvalue weighted by Crippen LogP contribution is -2.12. The summed E-state index contributed by atoms with van der Waals surface area (Å²) >= 11 is 1.41. The third kappa shape index (κ3) is 3.75.